The summed E-state index contributed by atoms with van der Waals surface area (Å²) >= 11 is 0. The van der Waals surface area contributed by atoms with E-state index in [0.717, 1.165) is 0 Å². The smallest absolute Gasteiger partial charge is 0.364 e. The maximum absolute atomic E-state index is 11.8. The molecule has 1 aromatic heterocycles. The molecule has 0 aliphatic heterocycles. The van der Waals surface area contributed by atoms with E-state index in [1.165, 1.54) is 0 Å². The van der Waals surface area contributed by atoms with E-state index < -0.39 is 23.8 Å². The van der Waals surface area contributed by atoms with Crippen LogP contribution in [0, 0.1) is 0 Å². The summed E-state index contributed by atoms with van der Waals surface area (Å²) in [5, 5.41) is 7.95. The van der Waals surface area contributed by atoms with Crippen molar-refractivity contribution in [1.82, 2.24) is 15.2 Å². The molecule has 0 unspecified atom stereocenters. The molecule has 0 radical (unpaired) electrons. The molecule has 3 N–H and O–H groups in total. The van der Waals surface area contributed by atoms with Gasteiger partial charge in [-0.3, -0.25) is 9.78 Å². The first kappa shape index (κ1) is 13.3. The number of unbranched alkanes of at least 4 members (excludes halogenated alkanes) is 1. The highest BCUT2D eigenvalue weighted by Gasteiger charge is 2.25. The first-order valence-electron chi connectivity index (χ1n) is 4.88. The Balaban J connectivity index is 2.32. The number of hydrogen-bond donors (Lipinski definition) is 3. The van der Waals surface area contributed by atoms with Gasteiger partial charge in [-0.15, -0.1) is 5.10 Å². The number of nitrogens with zero attached hydrogens (tertiary/aromatic N) is 1. The molecule has 0 fully saturated rings. The van der Waals surface area contributed by atoms with E-state index in [9.17, 15) is 22.8 Å². The summed E-state index contributed by atoms with van der Waals surface area (Å²) in [6.45, 7) is 0.179. The van der Waals surface area contributed by atoms with E-state index in [4.69, 9.17) is 0 Å². The predicted octanol–water partition coefficient (Wildman–Crippen LogP) is 0.603. The molecule has 0 saturated heterocycles. The Morgan fingerprint density at radius 3 is 2.53 bits per heavy atom. The van der Waals surface area contributed by atoms with Crippen LogP contribution < -0.4 is 16.6 Å². The van der Waals surface area contributed by atoms with E-state index in [2.05, 4.69) is 10.4 Å². The molecule has 0 aliphatic rings. The fraction of sp³-hybridized carbons (Fsp3) is 0.625. The van der Waals surface area contributed by atoms with Gasteiger partial charge in [-0.25, -0.2) is 9.89 Å². The van der Waals surface area contributed by atoms with Crippen LogP contribution in [-0.2, 0) is 0 Å². The SMILES string of the molecule is O=c1[nH]nc(NCCCCC(F)(F)F)c(=O)[nH]1. The number of aromatic nitrogens is 3. The molecule has 0 amide bonds. The van der Waals surface area contributed by atoms with E-state index in [-0.39, 0.29) is 25.2 Å². The minimum absolute atomic E-state index is 0.0300. The van der Waals surface area contributed by atoms with Crippen LogP contribution in [0.2, 0.25) is 0 Å². The van der Waals surface area contributed by atoms with Gasteiger partial charge in [0.05, 0.1) is 0 Å². The van der Waals surface area contributed by atoms with Crippen molar-refractivity contribution in [3.63, 3.8) is 0 Å². The third kappa shape index (κ3) is 5.18. The average molecular weight is 252 g/mol. The van der Waals surface area contributed by atoms with E-state index in [1.54, 1.807) is 0 Å². The summed E-state index contributed by atoms with van der Waals surface area (Å²) < 4.78 is 35.4. The Morgan fingerprint density at radius 2 is 1.94 bits per heavy atom. The number of hydrogen-bond acceptors (Lipinski definition) is 4. The summed E-state index contributed by atoms with van der Waals surface area (Å²) in [6, 6.07) is 0. The highest BCUT2D eigenvalue weighted by Crippen LogP contribution is 2.21. The second kappa shape index (κ2) is 5.51. The van der Waals surface area contributed by atoms with Gasteiger partial charge in [0.2, 0.25) is 5.82 Å². The Bertz CT molecular complexity index is 465. The maximum Gasteiger partial charge on any atom is 0.389 e. The van der Waals surface area contributed by atoms with Crippen LogP contribution in [0.1, 0.15) is 19.3 Å². The van der Waals surface area contributed by atoms with Gasteiger partial charge in [-0.1, -0.05) is 0 Å². The summed E-state index contributed by atoms with van der Waals surface area (Å²) in [4.78, 5) is 23.6. The van der Waals surface area contributed by atoms with Crippen molar-refractivity contribution in [3.05, 3.63) is 20.8 Å². The number of rotatable bonds is 5. The molecule has 0 aliphatic carbocycles. The highest BCUT2D eigenvalue weighted by molar-refractivity contribution is 5.28. The number of halogens is 3. The molecular weight excluding hydrogens is 241 g/mol. The van der Waals surface area contributed by atoms with Gasteiger partial charge >= 0.3 is 11.9 Å². The first-order valence-corrected chi connectivity index (χ1v) is 4.88. The summed E-state index contributed by atoms with van der Waals surface area (Å²) in [5.41, 5.74) is -1.44. The molecule has 17 heavy (non-hydrogen) atoms. The molecular formula is C8H11F3N4O2. The fourth-order valence-corrected chi connectivity index (χ4v) is 1.12. The lowest BCUT2D eigenvalue weighted by Crippen LogP contribution is -2.27. The summed E-state index contributed by atoms with van der Waals surface area (Å²) in [6.07, 6.45) is -4.80. The molecule has 0 atom stereocenters. The molecule has 9 heteroatoms. The molecule has 1 heterocycles. The average Bonchev–Trinajstić information content (AvgIpc) is 2.18. The maximum atomic E-state index is 11.8. The summed E-state index contributed by atoms with van der Waals surface area (Å²) in [7, 11) is 0. The van der Waals surface area contributed by atoms with Crippen molar-refractivity contribution in [2.45, 2.75) is 25.4 Å². The lowest BCUT2D eigenvalue weighted by atomic mass is 10.2. The third-order valence-corrected chi connectivity index (χ3v) is 1.89. The van der Waals surface area contributed by atoms with E-state index in [0.29, 0.717) is 0 Å². The monoisotopic (exact) mass is 252 g/mol. The van der Waals surface area contributed by atoms with Crippen molar-refractivity contribution in [2.75, 3.05) is 11.9 Å². The number of alkyl halides is 3. The second-order valence-electron chi connectivity index (χ2n) is 3.35. The van der Waals surface area contributed by atoms with Crippen LogP contribution in [0.4, 0.5) is 19.0 Å². The number of nitrogens with one attached hydrogen (secondary N) is 3. The van der Waals surface area contributed by atoms with Crippen molar-refractivity contribution in [2.24, 2.45) is 0 Å². The molecule has 1 rings (SSSR count). The molecule has 0 aromatic carbocycles. The van der Waals surface area contributed by atoms with Gasteiger partial charge in [-0.2, -0.15) is 13.2 Å². The Labute approximate surface area is 93.3 Å². The van der Waals surface area contributed by atoms with Gasteiger partial charge in [0, 0.05) is 13.0 Å². The largest absolute Gasteiger partial charge is 0.389 e. The van der Waals surface area contributed by atoms with E-state index in [1.807, 2.05) is 10.1 Å². The number of anilines is 1. The quantitative estimate of drug-likeness (QED) is 0.669. The number of aromatic amines is 2. The Morgan fingerprint density at radius 1 is 1.24 bits per heavy atom. The van der Waals surface area contributed by atoms with Gasteiger partial charge < -0.3 is 5.32 Å². The zero-order chi connectivity index (χ0) is 12.9. The molecule has 0 bridgehead atoms. The third-order valence-electron chi connectivity index (χ3n) is 1.89. The molecule has 96 valence electrons. The van der Waals surface area contributed by atoms with Crippen LogP contribution in [-0.4, -0.2) is 27.9 Å². The van der Waals surface area contributed by atoms with Crippen molar-refractivity contribution < 1.29 is 13.2 Å². The predicted molar refractivity (Wildman–Crippen MR) is 53.9 cm³/mol. The van der Waals surface area contributed by atoms with Crippen LogP contribution in [0.3, 0.4) is 0 Å². The molecule has 6 nitrogen and oxygen atoms in total. The van der Waals surface area contributed by atoms with Gasteiger partial charge in [0.15, 0.2) is 0 Å². The van der Waals surface area contributed by atoms with Crippen LogP contribution in [0.25, 0.3) is 0 Å². The zero-order valence-electron chi connectivity index (χ0n) is 8.73. The zero-order valence-corrected chi connectivity index (χ0v) is 8.73. The van der Waals surface area contributed by atoms with Crippen LogP contribution in [0.15, 0.2) is 9.59 Å². The summed E-state index contributed by atoms with van der Waals surface area (Å²) in [5.74, 6) is -0.114. The van der Waals surface area contributed by atoms with Crippen LogP contribution >= 0.6 is 0 Å². The second-order valence-corrected chi connectivity index (χ2v) is 3.35. The number of H-pyrrole nitrogens is 2. The normalized spacial score (nSPS) is 11.5. The molecule has 0 saturated carbocycles. The van der Waals surface area contributed by atoms with Crippen molar-refractivity contribution in [1.29, 1.82) is 0 Å². The molecule has 0 spiro atoms. The topological polar surface area (TPSA) is 90.6 Å². The minimum Gasteiger partial charge on any atom is -0.364 e. The highest BCUT2D eigenvalue weighted by atomic mass is 19.4. The van der Waals surface area contributed by atoms with Gasteiger partial charge in [0.1, 0.15) is 0 Å². The standard InChI is InChI=1S/C8H11F3N4O2/c9-8(10,11)3-1-2-4-12-5-6(16)13-7(17)15-14-5/h1-4H2,(H,12,14)(H2,13,15,16,17). The fourth-order valence-electron chi connectivity index (χ4n) is 1.12. The van der Waals surface area contributed by atoms with Gasteiger partial charge in [0.25, 0.3) is 5.56 Å². The van der Waals surface area contributed by atoms with Crippen LogP contribution in [0.5, 0.6) is 0 Å². The Kier molecular flexibility index (Phi) is 4.30. The minimum atomic E-state index is -4.16. The van der Waals surface area contributed by atoms with Crippen molar-refractivity contribution >= 4 is 5.82 Å². The molecule has 1 aromatic rings. The van der Waals surface area contributed by atoms with Gasteiger partial charge in [-0.05, 0) is 12.8 Å². The first-order chi connectivity index (χ1) is 7.88. The Hall–Kier alpha value is -1.80. The lowest BCUT2D eigenvalue weighted by molar-refractivity contribution is -0.135. The van der Waals surface area contributed by atoms with Crippen molar-refractivity contribution in [3.8, 4) is 0 Å². The lowest BCUT2D eigenvalue weighted by Gasteiger charge is -2.06. The van der Waals surface area contributed by atoms with E-state index >= 15 is 0 Å².